The normalized spacial score (nSPS) is 11.6. The molecule has 1 atom stereocenters. The molecule has 3 amide bonds. The summed E-state index contributed by atoms with van der Waals surface area (Å²) >= 11 is 0. The molecule has 0 aliphatic heterocycles. The number of nitrogens with zero attached hydrogens (tertiary/aromatic N) is 1. The fourth-order valence-electron chi connectivity index (χ4n) is 1.82. The van der Waals surface area contributed by atoms with Crippen molar-refractivity contribution >= 4 is 28.7 Å². The minimum atomic E-state index is -1.22. The number of nitrogens with one attached hydrogen (secondary N) is 3. The monoisotopic (exact) mass is 318 g/mol. The van der Waals surface area contributed by atoms with Crippen LogP contribution in [0, 0.1) is 0 Å². The average molecular weight is 318 g/mol. The second kappa shape index (κ2) is 6.69. The highest BCUT2D eigenvalue weighted by Gasteiger charge is 2.23. The van der Waals surface area contributed by atoms with Gasteiger partial charge in [-0.15, -0.1) is 0 Å². The van der Waals surface area contributed by atoms with E-state index in [0.29, 0.717) is 5.39 Å². The Morgan fingerprint density at radius 2 is 1.87 bits per heavy atom. The van der Waals surface area contributed by atoms with E-state index in [4.69, 9.17) is 4.74 Å². The molecule has 9 heteroatoms. The molecule has 1 aromatic carbocycles. The molecule has 0 radical (unpaired) electrons. The molecule has 23 heavy (non-hydrogen) atoms. The summed E-state index contributed by atoms with van der Waals surface area (Å²) in [7, 11) is 1.34. The lowest BCUT2D eigenvalue weighted by Crippen LogP contribution is -2.43. The van der Waals surface area contributed by atoms with Crippen molar-refractivity contribution < 1.29 is 19.1 Å². The van der Waals surface area contributed by atoms with E-state index in [9.17, 15) is 19.2 Å². The molecule has 9 nitrogen and oxygen atoms in total. The predicted molar refractivity (Wildman–Crippen MR) is 79.8 cm³/mol. The minimum absolute atomic E-state index is 0.125. The fourth-order valence-corrected chi connectivity index (χ4v) is 1.82. The van der Waals surface area contributed by atoms with Gasteiger partial charge >= 0.3 is 12.0 Å². The molecule has 3 N–H and O–H groups in total. The summed E-state index contributed by atoms with van der Waals surface area (Å²) in [6.07, 6.45) is -1.22. The number of imide groups is 1. The molecule has 0 unspecified atom stereocenters. The first-order valence-electron chi connectivity index (χ1n) is 6.65. The van der Waals surface area contributed by atoms with E-state index in [2.05, 4.69) is 15.5 Å². The van der Waals surface area contributed by atoms with Gasteiger partial charge in [-0.1, -0.05) is 18.2 Å². The van der Waals surface area contributed by atoms with Crippen LogP contribution in [-0.4, -0.2) is 41.3 Å². The van der Waals surface area contributed by atoms with Crippen molar-refractivity contribution in [1.82, 2.24) is 20.8 Å². The zero-order chi connectivity index (χ0) is 17.0. The van der Waals surface area contributed by atoms with Gasteiger partial charge in [0.05, 0.1) is 5.39 Å². The Hall–Kier alpha value is -3.23. The van der Waals surface area contributed by atoms with Crippen LogP contribution in [0.2, 0.25) is 0 Å². The van der Waals surface area contributed by atoms with Crippen LogP contribution in [0.4, 0.5) is 4.79 Å². The Balaban J connectivity index is 2.22. The maximum Gasteiger partial charge on any atom is 0.360 e. The van der Waals surface area contributed by atoms with E-state index in [1.807, 2.05) is 5.32 Å². The van der Waals surface area contributed by atoms with Crippen LogP contribution in [0.3, 0.4) is 0 Å². The predicted octanol–water partition coefficient (Wildman–Crippen LogP) is -0.0760. The molecule has 2 aromatic rings. The summed E-state index contributed by atoms with van der Waals surface area (Å²) in [4.78, 5) is 46.5. The van der Waals surface area contributed by atoms with E-state index >= 15 is 0 Å². The SMILES string of the molecule is CNC(=O)NC(=O)[C@H](C)OC(=O)c1n[nH]c(=O)c2ccccc12. The number of H-pyrrole nitrogens is 1. The standard InChI is InChI=1S/C14H14N4O5/c1-7(11(19)16-14(22)15-2)23-13(21)10-8-5-3-4-6-9(8)12(20)18-17-10/h3-7H,1-2H3,(H,18,20)(H2,15,16,19,22)/t7-/m0/s1. The first-order valence-corrected chi connectivity index (χ1v) is 6.65. The van der Waals surface area contributed by atoms with E-state index in [0.717, 1.165) is 0 Å². The molecule has 1 aromatic heterocycles. The zero-order valence-electron chi connectivity index (χ0n) is 12.4. The minimum Gasteiger partial charge on any atom is -0.448 e. The van der Waals surface area contributed by atoms with Crippen LogP contribution in [0.1, 0.15) is 17.4 Å². The average Bonchev–Trinajstić information content (AvgIpc) is 2.55. The molecule has 0 aliphatic carbocycles. The maximum atomic E-state index is 12.2. The van der Waals surface area contributed by atoms with E-state index < -0.39 is 29.6 Å². The van der Waals surface area contributed by atoms with E-state index in [-0.39, 0.29) is 11.1 Å². The van der Waals surface area contributed by atoms with Crippen LogP contribution in [0.15, 0.2) is 29.1 Å². The molecular weight excluding hydrogens is 304 g/mol. The van der Waals surface area contributed by atoms with Gasteiger partial charge in [0.25, 0.3) is 11.5 Å². The van der Waals surface area contributed by atoms with Crippen LogP contribution in [-0.2, 0) is 9.53 Å². The number of hydrogen-bond acceptors (Lipinski definition) is 6. The molecule has 1 heterocycles. The maximum absolute atomic E-state index is 12.2. The molecule has 0 saturated heterocycles. The molecule has 0 spiro atoms. The number of aromatic nitrogens is 2. The zero-order valence-corrected chi connectivity index (χ0v) is 12.4. The number of rotatable bonds is 3. The summed E-state index contributed by atoms with van der Waals surface area (Å²) in [6, 6.07) is 5.65. The quantitative estimate of drug-likeness (QED) is 0.679. The number of ether oxygens (including phenoxy) is 1. The highest BCUT2D eigenvalue weighted by atomic mass is 16.5. The number of amides is 3. The summed E-state index contributed by atoms with van der Waals surface area (Å²) in [5.74, 6) is -1.68. The van der Waals surface area contributed by atoms with E-state index in [1.165, 1.54) is 20.0 Å². The first-order chi connectivity index (χ1) is 10.9. The number of urea groups is 1. The van der Waals surface area contributed by atoms with Gasteiger partial charge in [0.15, 0.2) is 11.8 Å². The lowest BCUT2D eigenvalue weighted by atomic mass is 10.1. The van der Waals surface area contributed by atoms with Crippen molar-refractivity contribution in [2.45, 2.75) is 13.0 Å². The van der Waals surface area contributed by atoms with Crippen molar-refractivity contribution in [3.05, 3.63) is 40.3 Å². The summed E-state index contributed by atoms with van der Waals surface area (Å²) in [5, 5.41) is 10.6. The topological polar surface area (TPSA) is 130 Å². The third-order valence-electron chi connectivity index (χ3n) is 3.01. The van der Waals surface area contributed by atoms with Gasteiger partial charge in [0.1, 0.15) is 0 Å². The number of aromatic amines is 1. The Bertz CT molecular complexity index is 829. The molecule has 0 aliphatic rings. The van der Waals surface area contributed by atoms with Gasteiger partial charge in [-0.25, -0.2) is 14.7 Å². The van der Waals surface area contributed by atoms with Crippen molar-refractivity contribution in [2.75, 3.05) is 7.05 Å². The largest absolute Gasteiger partial charge is 0.448 e. The Kier molecular flexibility index (Phi) is 4.69. The molecular formula is C14H14N4O5. The molecule has 2 rings (SSSR count). The number of fused-ring (bicyclic) bond motifs is 1. The summed E-state index contributed by atoms with van der Waals surface area (Å²) in [5.41, 5.74) is -0.567. The smallest absolute Gasteiger partial charge is 0.360 e. The van der Waals surface area contributed by atoms with Crippen molar-refractivity contribution in [3.63, 3.8) is 0 Å². The van der Waals surface area contributed by atoms with Crippen molar-refractivity contribution in [2.24, 2.45) is 0 Å². The Morgan fingerprint density at radius 1 is 1.22 bits per heavy atom. The molecule has 0 saturated carbocycles. The number of hydrogen-bond donors (Lipinski definition) is 3. The Morgan fingerprint density at radius 3 is 2.52 bits per heavy atom. The van der Waals surface area contributed by atoms with E-state index in [1.54, 1.807) is 18.2 Å². The van der Waals surface area contributed by atoms with Gasteiger partial charge in [-0.2, -0.15) is 5.10 Å². The van der Waals surface area contributed by atoms with Crippen LogP contribution >= 0.6 is 0 Å². The van der Waals surface area contributed by atoms with Crippen molar-refractivity contribution in [3.8, 4) is 0 Å². The summed E-state index contributed by atoms with van der Waals surface area (Å²) < 4.78 is 4.98. The summed E-state index contributed by atoms with van der Waals surface area (Å²) in [6.45, 7) is 1.31. The highest BCUT2D eigenvalue weighted by molar-refractivity contribution is 6.03. The lowest BCUT2D eigenvalue weighted by Gasteiger charge is -2.12. The lowest BCUT2D eigenvalue weighted by molar-refractivity contribution is -0.127. The fraction of sp³-hybridized carbons (Fsp3) is 0.214. The number of carbonyl (C=O) groups excluding carboxylic acids is 3. The number of benzene rings is 1. The second-order valence-corrected chi connectivity index (χ2v) is 4.56. The van der Waals surface area contributed by atoms with Gasteiger partial charge < -0.3 is 10.1 Å². The van der Waals surface area contributed by atoms with Gasteiger partial charge in [-0.3, -0.25) is 14.9 Å². The van der Waals surface area contributed by atoms with Gasteiger partial charge in [0, 0.05) is 12.4 Å². The first kappa shape index (κ1) is 16.1. The highest BCUT2D eigenvalue weighted by Crippen LogP contribution is 2.13. The second-order valence-electron chi connectivity index (χ2n) is 4.56. The Labute approximate surface area is 130 Å². The van der Waals surface area contributed by atoms with Gasteiger partial charge in [-0.05, 0) is 13.0 Å². The van der Waals surface area contributed by atoms with Crippen molar-refractivity contribution in [1.29, 1.82) is 0 Å². The van der Waals surface area contributed by atoms with Crippen LogP contribution in [0.25, 0.3) is 10.8 Å². The van der Waals surface area contributed by atoms with Crippen LogP contribution < -0.4 is 16.2 Å². The van der Waals surface area contributed by atoms with Crippen LogP contribution in [0.5, 0.6) is 0 Å². The molecule has 120 valence electrons. The third kappa shape index (κ3) is 3.51. The molecule has 0 bridgehead atoms. The third-order valence-corrected chi connectivity index (χ3v) is 3.01. The number of carbonyl (C=O) groups is 3. The van der Waals surface area contributed by atoms with Gasteiger partial charge in [0.2, 0.25) is 0 Å². The molecule has 0 fully saturated rings. The number of esters is 1.